The number of hydrogen-bond acceptors (Lipinski definition) is 3. The lowest BCUT2D eigenvalue weighted by Crippen LogP contribution is -2.27. The molecule has 14 heavy (non-hydrogen) atoms. The van der Waals surface area contributed by atoms with Gasteiger partial charge in [0.15, 0.2) is 6.29 Å². The number of ether oxygens (including phenoxy) is 1. The summed E-state index contributed by atoms with van der Waals surface area (Å²) < 4.78 is 4.96. The molecule has 1 aromatic carbocycles. The molecule has 1 saturated heterocycles. The van der Waals surface area contributed by atoms with Crippen LogP contribution >= 0.6 is 0 Å². The highest BCUT2D eigenvalue weighted by Gasteiger charge is 2.34. The van der Waals surface area contributed by atoms with E-state index in [1.165, 1.54) is 0 Å². The van der Waals surface area contributed by atoms with Crippen LogP contribution in [0, 0.1) is 5.92 Å². The summed E-state index contributed by atoms with van der Waals surface area (Å²) in [5.41, 5.74) is 1.16. The Balaban J connectivity index is 1.99. The predicted octanol–water partition coefficient (Wildman–Crippen LogP) is 0.555. The Kier molecular flexibility index (Phi) is 2.82. The predicted molar refractivity (Wildman–Crippen MR) is 51.6 cm³/mol. The smallest absolute Gasteiger partial charge is 0.181 e. The van der Waals surface area contributed by atoms with Crippen LogP contribution in [0.2, 0.25) is 0 Å². The fraction of sp³-hybridized carbons (Fsp3) is 0.455. The Bertz CT molecular complexity index is 286. The maximum absolute atomic E-state index is 9.54. The summed E-state index contributed by atoms with van der Waals surface area (Å²) in [5.74, 6) is 0.00685. The largest absolute Gasteiger partial charge is 0.387 e. The molecule has 1 fully saturated rings. The zero-order valence-electron chi connectivity index (χ0n) is 7.84. The van der Waals surface area contributed by atoms with Crippen LogP contribution in [0.5, 0.6) is 0 Å². The molecule has 0 amide bonds. The van der Waals surface area contributed by atoms with E-state index in [2.05, 4.69) is 0 Å². The van der Waals surface area contributed by atoms with Gasteiger partial charge in [-0.3, -0.25) is 0 Å². The molecule has 1 heterocycles. The summed E-state index contributed by atoms with van der Waals surface area (Å²) in [6, 6.07) is 9.91. The van der Waals surface area contributed by atoms with Crippen LogP contribution in [0.15, 0.2) is 30.3 Å². The van der Waals surface area contributed by atoms with Crippen LogP contribution in [-0.4, -0.2) is 29.2 Å². The molecule has 0 saturated carbocycles. The van der Waals surface area contributed by atoms with Crippen molar-refractivity contribution in [3.05, 3.63) is 35.9 Å². The first kappa shape index (κ1) is 9.65. The molecule has 1 aliphatic rings. The van der Waals surface area contributed by atoms with Gasteiger partial charge >= 0.3 is 0 Å². The highest BCUT2D eigenvalue weighted by Crippen LogP contribution is 2.22. The van der Waals surface area contributed by atoms with E-state index in [-0.39, 0.29) is 5.92 Å². The average Bonchev–Trinajstić information content (AvgIpc) is 2.52. The van der Waals surface area contributed by atoms with Gasteiger partial charge in [0.25, 0.3) is 0 Å². The van der Waals surface area contributed by atoms with Gasteiger partial charge in [-0.1, -0.05) is 30.3 Å². The molecule has 0 radical (unpaired) electrons. The first-order valence-corrected chi connectivity index (χ1v) is 4.79. The second-order valence-corrected chi connectivity index (χ2v) is 3.66. The molecule has 3 atom stereocenters. The van der Waals surface area contributed by atoms with Crippen molar-refractivity contribution in [3.8, 4) is 0 Å². The number of hydrogen-bond donors (Lipinski definition) is 2. The molecule has 76 valence electrons. The van der Waals surface area contributed by atoms with Gasteiger partial charge in [0.2, 0.25) is 0 Å². The van der Waals surface area contributed by atoms with E-state index in [9.17, 15) is 10.2 Å². The third-order valence-corrected chi connectivity index (χ3v) is 2.60. The second-order valence-electron chi connectivity index (χ2n) is 3.66. The van der Waals surface area contributed by atoms with Crippen LogP contribution in [-0.2, 0) is 11.2 Å². The summed E-state index contributed by atoms with van der Waals surface area (Å²) in [6.07, 6.45) is -1.02. The van der Waals surface area contributed by atoms with Crippen LogP contribution in [0.4, 0.5) is 0 Å². The minimum atomic E-state index is -1.01. The highest BCUT2D eigenvalue weighted by atomic mass is 16.6. The van der Waals surface area contributed by atoms with Crippen molar-refractivity contribution in [2.45, 2.75) is 18.8 Å². The topological polar surface area (TPSA) is 49.7 Å². The van der Waals surface area contributed by atoms with E-state index in [0.29, 0.717) is 6.61 Å². The number of rotatable bonds is 2. The van der Waals surface area contributed by atoms with Crippen LogP contribution in [0.1, 0.15) is 5.56 Å². The fourth-order valence-corrected chi connectivity index (χ4v) is 1.75. The van der Waals surface area contributed by atoms with Gasteiger partial charge < -0.3 is 14.9 Å². The summed E-state index contributed by atoms with van der Waals surface area (Å²) in [7, 11) is 0. The molecule has 0 aromatic heterocycles. The standard InChI is InChI=1S/C11H14O3/c12-10-9(7-14-11(10)13)6-8-4-2-1-3-5-8/h1-5,9-13H,6-7H2/t9-,10-,11?/m1/s1. The zero-order chi connectivity index (χ0) is 9.97. The lowest BCUT2D eigenvalue weighted by Gasteiger charge is -2.13. The first-order valence-electron chi connectivity index (χ1n) is 4.79. The first-order chi connectivity index (χ1) is 6.77. The number of aliphatic hydroxyl groups excluding tert-OH is 2. The minimum absolute atomic E-state index is 0.00685. The molecule has 0 aliphatic carbocycles. The van der Waals surface area contributed by atoms with Crippen LogP contribution in [0.3, 0.4) is 0 Å². The third kappa shape index (κ3) is 1.95. The molecule has 3 heteroatoms. The molecular weight excluding hydrogens is 180 g/mol. The minimum Gasteiger partial charge on any atom is -0.387 e. The summed E-state index contributed by atoms with van der Waals surface area (Å²) in [6.45, 7) is 0.428. The SMILES string of the molecule is OC1OC[C@@H](Cc2ccccc2)[C@H]1O. The molecule has 3 nitrogen and oxygen atoms in total. The van der Waals surface area contributed by atoms with Gasteiger partial charge in [-0.15, -0.1) is 0 Å². The van der Waals surface area contributed by atoms with E-state index in [1.807, 2.05) is 30.3 Å². The Labute approximate surface area is 83.0 Å². The molecule has 2 N–H and O–H groups in total. The van der Waals surface area contributed by atoms with E-state index in [4.69, 9.17) is 4.74 Å². The van der Waals surface area contributed by atoms with Gasteiger partial charge in [0, 0.05) is 5.92 Å². The van der Waals surface area contributed by atoms with Gasteiger partial charge in [0.05, 0.1) is 6.61 Å². The van der Waals surface area contributed by atoms with Crippen molar-refractivity contribution in [1.82, 2.24) is 0 Å². The van der Waals surface area contributed by atoms with Gasteiger partial charge in [-0.05, 0) is 12.0 Å². The van der Waals surface area contributed by atoms with Crippen LogP contribution < -0.4 is 0 Å². The van der Waals surface area contributed by atoms with Gasteiger partial charge in [-0.25, -0.2) is 0 Å². The van der Waals surface area contributed by atoms with E-state index >= 15 is 0 Å². The molecule has 1 aliphatic heterocycles. The van der Waals surface area contributed by atoms with Crippen molar-refractivity contribution in [3.63, 3.8) is 0 Å². The van der Waals surface area contributed by atoms with Crippen LogP contribution in [0.25, 0.3) is 0 Å². The molecule has 0 bridgehead atoms. The Morgan fingerprint density at radius 2 is 1.93 bits per heavy atom. The highest BCUT2D eigenvalue weighted by molar-refractivity contribution is 5.15. The molecular formula is C11H14O3. The average molecular weight is 194 g/mol. The van der Waals surface area contributed by atoms with Crippen molar-refractivity contribution < 1.29 is 14.9 Å². The van der Waals surface area contributed by atoms with Gasteiger partial charge in [0.1, 0.15) is 6.10 Å². The Hall–Kier alpha value is -0.900. The quantitative estimate of drug-likeness (QED) is 0.723. The lowest BCUT2D eigenvalue weighted by atomic mass is 9.96. The normalized spacial score (nSPS) is 32.0. The third-order valence-electron chi connectivity index (χ3n) is 2.60. The molecule has 2 rings (SSSR count). The zero-order valence-corrected chi connectivity index (χ0v) is 7.84. The van der Waals surface area contributed by atoms with Crippen molar-refractivity contribution in [2.75, 3.05) is 6.61 Å². The monoisotopic (exact) mass is 194 g/mol. The number of benzene rings is 1. The molecule has 1 unspecified atom stereocenters. The lowest BCUT2D eigenvalue weighted by molar-refractivity contribution is -0.109. The summed E-state index contributed by atoms with van der Waals surface area (Å²) in [4.78, 5) is 0. The Morgan fingerprint density at radius 1 is 1.21 bits per heavy atom. The fourth-order valence-electron chi connectivity index (χ4n) is 1.75. The Morgan fingerprint density at radius 3 is 2.50 bits per heavy atom. The van der Waals surface area contributed by atoms with E-state index < -0.39 is 12.4 Å². The number of aliphatic hydroxyl groups is 2. The van der Waals surface area contributed by atoms with E-state index in [1.54, 1.807) is 0 Å². The molecule has 0 spiro atoms. The van der Waals surface area contributed by atoms with Crippen molar-refractivity contribution in [2.24, 2.45) is 5.92 Å². The van der Waals surface area contributed by atoms with Crippen molar-refractivity contribution in [1.29, 1.82) is 0 Å². The molecule has 1 aromatic rings. The van der Waals surface area contributed by atoms with Gasteiger partial charge in [-0.2, -0.15) is 0 Å². The summed E-state index contributed by atoms with van der Waals surface area (Å²) >= 11 is 0. The maximum Gasteiger partial charge on any atom is 0.181 e. The van der Waals surface area contributed by atoms with Crippen molar-refractivity contribution >= 4 is 0 Å². The van der Waals surface area contributed by atoms with E-state index in [0.717, 1.165) is 12.0 Å². The maximum atomic E-state index is 9.54. The summed E-state index contributed by atoms with van der Waals surface area (Å²) in [5, 5.41) is 18.7. The second kappa shape index (κ2) is 4.09.